The molecule has 224 valence electrons. The van der Waals surface area contributed by atoms with Crippen molar-refractivity contribution in [2.24, 2.45) is 0 Å². The Hall–Kier alpha value is -2.65. The minimum Gasteiger partial charge on any atom is -0.502 e. The Morgan fingerprint density at radius 2 is 1.17 bits per heavy atom. The van der Waals surface area contributed by atoms with Gasteiger partial charge in [-0.1, -0.05) is 35.4 Å². The molecule has 0 bridgehead atoms. The van der Waals surface area contributed by atoms with Crippen LogP contribution in [0.2, 0.25) is 0 Å². The first-order valence-corrected chi connectivity index (χ1v) is 19.7. The van der Waals surface area contributed by atoms with Crippen LogP contribution < -0.4 is 14.7 Å². The van der Waals surface area contributed by atoms with E-state index < -0.39 is 13.5 Å². The van der Waals surface area contributed by atoms with Crippen LogP contribution in [0.3, 0.4) is 0 Å². The van der Waals surface area contributed by atoms with Crippen molar-refractivity contribution < 1.29 is 13.5 Å². The van der Waals surface area contributed by atoms with Gasteiger partial charge in [-0.15, -0.1) is 0 Å². The molecule has 0 aliphatic carbocycles. The third-order valence-corrected chi connectivity index (χ3v) is 9.39. The van der Waals surface area contributed by atoms with Gasteiger partial charge in [0.1, 0.15) is 0 Å². The molecular weight excluding hydrogens is 646 g/mol. The topological polar surface area (TPSA) is 9.72 Å². The zero-order chi connectivity index (χ0) is 30.4. The largest absolute Gasteiger partial charge is 0.502 e. The molecule has 3 nitrogen and oxygen atoms in total. The summed E-state index contributed by atoms with van der Waals surface area (Å²) in [6, 6.07) is 27.7. The number of nitrogens with zero attached hydrogens (tertiary/aromatic N) is 3. The van der Waals surface area contributed by atoms with E-state index in [-0.39, 0.29) is 0 Å². The van der Waals surface area contributed by atoms with Crippen LogP contribution in [-0.2, 0) is 20.1 Å². The van der Waals surface area contributed by atoms with Crippen LogP contribution in [0.5, 0.6) is 0 Å². The molecule has 5 rings (SSSR count). The molecule has 1 heterocycles. The van der Waals surface area contributed by atoms with Crippen molar-refractivity contribution in [3.05, 3.63) is 130 Å². The number of rotatable bonds is 6. The molecule has 0 amide bonds. The van der Waals surface area contributed by atoms with Crippen molar-refractivity contribution in [2.45, 2.75) is 48.1 Å². The zero-order valence-corrected chi connectivity index (χ0v) is 29.0. The van der Waals surface area contributed by atoms with Crippen LogP contribution in [0, 0.1) is 48.2 Å². The van der Waals surface area contributed by atoms with Gasteiger partial charge in [-0.05, 0) is 63.8 Å². The number of hydrogen-bond donors (Lipinski definition) is 0. The number of halogens is 2. The molecule has 1 aliphatic rings. The molecule has 1 fully saturated rings. The smallest absolute Gasteiger partial charge is 0.0146 e. The van der Waals surface area contributed by atoms with Gasteiger partial charge < -0.3 is 9.80 Å². The molecule has 1 saturated heterocycles. The Balaban J connectivity index is 0.000000197. The van der Waals surface area contributed by atoms with E-state index in [9.17, 15) is 0 Å². The van der Waals surface area contributed by atoms with Crippen molar-refractivity contribution in [1.29, 1.82) is 0 Å². The van der Waals surface area contributed by atoms with Crippen molar-refractivity contribution in [2.75, 3.05) is 34.8 Å². The van der Waals surface area contributed by atoms with Crippen molar-refractivity contribution in [1.82, 2.24) is 0 Å². The van der Waals surface area contributed by atoms with E-state index >= 15 is 0 Å². The third-order valence-electron chi connectivity index (χ3n) is 7.55. The van der Waals surface area contributed by atoms with Crippen LogP contribution in [0.4, 0.5) is 17.1 Å². The summed E-state index contributed by atoms with van der Waals surface area (Å²) >= 11 is -1.78. The first-order valence-electron chi connectivity index (χ1n) is 14.2. The third kappa shape index (κ3) is 8.25. The predicted octanol–water partition coefficient (Wildman–Crippen LogP) is 9.38. The zero-order valence-electron chi connectivity index (χ0n) is 25.7. The van der Waals surface area contributed by atoms with Gasteiger partial charge >= 0.3 is 127 Å². The summed E-state index contributed by atoms with van der Waals surface area (Å²) in [7, 11) is 14.0. The van der Waals surface area contributed by atoms with Gasteiger partial charge in [-0.3, -0.25) is 0 Å². The number of para-hydroxylation sites is 1. The van der Waals surface area contributed by atoms with Crippen molar-refractivity contribution >= 4 is 41.1 Å². The summed E-state index contributed by atoms with van der Waals surface area (Å²) in [6.07, 6.45) is 0. The standard InChI is InChI=1S/C21H27N2.C15H15N.2ClH.Ru/c1-14-9-16(3)20(17(4)10-14)22-7-8-23(13-22)21-18(5)11-15(2)12-19(21)6;1-13-8-6-7-9-14(13)12-16(2)15-10-4-3-5-11-15;;;/h9-13H,7-8H2,1-6H3;1,3-11H,12H2,2H3;2*1H;/q-1;;;;+2/p-2. The minimum atomic E-state index is -1.78. The van der Waals surface area contributed by atoms with Crippen LogP contribution in [0.15, 0.2) is 78.9 Å². The fourth-order valence-electron chi connectivity index (χ4n) is 5.98. The van der Waals surface area contributed by atoms with E-state index in [1.165, 1.54) is 56.0 Å². The molecule has 42 heavy (non-hydrogen) atoms. The Morgan fingerprint density at radius 1 is 0.714 bits per heavy atom. The number of benzene rings is 4. The first kappa shape index (κ1) is 32.3. The SMILES string of the molecule is CN(Cc1ccccc1[CH]=[Ru]([Cl])[Cl])c1ccccc1.Cc1cc(C)c(N2[CH-]N(c3c(C)cc(C)cc3C)CC2)c(C)c1. The average Bonchev–Trinajstić information content (AvgIpc) is 3.38. The molecule has 6 heteroatoms. The second-order valence-electron chi connectivity index (χ2n) is 11.2. The van der Waals surface area contributed by atoms with Gasteiger partial charge in [0.25, 0.3) is 0 Å². The molecule has 1 aliphatic heterocycles. The van der Waals surface area contributed by atoms with Gasteiger partial charge in [-0.25, -0.2) is 0 Å². The van der Waals surface area contributed by atoms with E-state index in [1.807, 2.05) is 34.9 Å². The van der Waals surface area contributed by atoms with Crippen LogP contribution in [-0.4, -0.2) is 24.7 Å². The molecule has 0 atom stereocenters. The van der Waals surface area contributed by atoms with Gasteiger partial charge in [0.2, 0.25) is 0 Å². The van der Waals surface area contributed by atoms with Crippen LogP contribution >= 0.6 is 19.4 Å². The quantitative estimate of drug-likeness (QED) is 0.148. The Kier molecular flexibility index (Phi) is 11.3. The van der Waals surface area contributed by atoms with E-state index in [4.69, 9.17) is 19.4 Å². The maximum Gasteiger partial charge on any atom is 0.0146 e. The second-order valence-corrected chi connectivity index (χ2v) is 16.9. The molecule has 0 saturated carbocycles. The Labute approximate surface area is 266 Å². The molecule has 4 aromatic carbocycles. The van der Waals surface area contributed by atoms with Gasteiger partial charge in [-0.2, -0.15) is 6.67 Å². The van der Waals surface area contributed by atoms with Crippen LogP contribution in [0.25, 0.3) is 0 Å². The summed E-state index contributed by atoms with van der Waals surface area (Å²) in [4.78, 5) is 7.03. The average molecular weight is 689 g/mol. The number of aryl methyl sites for hydroxylation is 6. The van der Waals surface area contributed by atoms with Gasteiger partial charge in [0, 0.05) is 24.5 Å². The summed E-state index contributed by atoms with van der Waals surface area (Å²) in [5.41, 5.74) is 14.4. The fourth-order valence-corrected chi connectivity index (χ4v) is 7.86. The van der Waals surface area contributed by atoms with Crippen molar-refractivity contribution in [3.63, 3.8) is 0 Å². The minimum absolute atomic E-state index is 0.840. The molecule has 0 aromatic heterocycles. The Morgan fingerprint density at radius 3 is 1.64 bits per heavy atom. The van der Waals surface area contributed by atoms with E-state index in [0.29, 0.717) is 0 Å². The summed E-state index contributed by atoms with van der Waals surface area (Å²) in [6.45, 7) is 18.4. The molecule has 0 unspecified atom stereocenters. The summed E-state index contributed by atoms with van der Waals surface area (Å²) < 4.78 is 2.00. The Bertz CT molecular complexity index is 1440. The molecule has 0 spiro atoms. The van der Waals surface area contributed by atoms with E-state index in [0.717, 1.165) is 25.2 Å². The van der Waals surface area contributed by atoms with Gasteiger partial charge in [0.15, 0.2) is 0 Å². The van der Waals surface area contributed by atoms with E-state index in [1.54, 1.807) is 0 Å². The van der Waals surface area contributed by atoms with E-state index in [2.05, 4.69) is 118 Å². The first-order chi connectivity index (χ1) is 20.0. The number of hydrogen-bond acceptors (Lipinski definition) is 3. The predicted molar refractivity (Wildman–Crippen MR) is 182 cm³/mol. The van der Waals surface area contributed by atoms with Gasteiger partial charge in [0.05, 0.1) is 0 Å². The molecule has 4 aromatic rings. The monoisotopic (exact) mass is 688 g/mol. The molecule has 0 radical (unpaired) electrons. The second kappa shape index (κ2) is 14.7. The maximum atomic E-state index is 5.98. The molecular formula is C36H42Cl2N3Ru-. The summed E-state index contributed by atoms with van der Waals surface area (Å²) in [5, 5.41) is 0. The fraction of sp³-hybridized carbons (Fsp3) is 0.278. The normalized spacial score (nSPS) is 13.0. The summed E-state index contributed by atoms with van der Waals surface area (Å²) in [5.74, 6) is 0. The maximum absolute atomic E-state index is 5.98. The molecule has 0 N–H and O–H groups in total. The van der Waals surface area contributed by atoms with Crippen LogP contribution in [0.1, 0.15) is 44.5 Å². The number of anilines is 3. The van der Waals surface area contributed by atoms with Crippen molar-refractivity contribution in [3.8, 4) is 0 Å².